The number of hydrogen-bond donors (Lipinski definition) is 5. The summed E-state index contributed by atoms with van der Waals surface area (Å²) in [6, 6.07) is 23.8. The maximum atomic E-state index is 14.5. The van der Waals surface area contributed by atoms with Crippen LogP contribution in [0.4, 0.5) is 5.69 Å². The molecule has 2 heterocycles. The molecular weight excluding hydrogens is 855 g/mol. The second-order valence-corrected chi connectivity index (χ2v) is 15.8. The van der Waals surface area contributed by atoms with E-state index in [-0.39, 0.29) is 36.4 Å². The minimum atomic E-state index is -2.12. The molecule has 4 amide bonds. The Balaban J connectivity index is 1.61. The first-order valence-electron chi connectivity index (χ1n) is 20.0. The summed E-state index contributed by atoms with van der Waals surface area (Å²) in [4.78, 5) is 108. The number of ether oxygens (including phenoxy) is 2. The molecule has 0 fully saturated rings. The fourth-order valence-electron chi connectivity index (χ4n) is 6.96. The highest BCUT2D eigenvalue weighted by atomic mass is 35.5. The van der Waals surface area contributed by atoms with Gasteiger partial charge in [-0.2, -0.15) is 0 Å². The number of nitrogens with one attached hydrogen (secondary N) is 4. The maximum Gasteiger partial charge on any atom is 0.307 e. The average molecular weight is 902 g/mol. The normalized spacial score (nSPS) is 21.4. The van der Waals surface area contributed by atoms with Gasteiger partial charge >= 0.3 is 17.9 Å². The number of fused-ring (bicyclic) bond motifs is 18. The number of amides is 4. The van der Waals surface area contributed by atoms with E-state index in [1.807, 2.05) is 30.3 Å². The zero-order valence-electron chi connectivity index (χ0n) is 34.3. The number of esters is 2. The number of benzene rings is 4. The van der Waals surface area contributed by atoms with Gasteiger partial charge in [-0.05, 0) is 65.8 Å². The molecule has 4 aromatic rings. The van der Waals surface area contributed by atoms with Crippen molar-refractivity contribution in [3.8, 4) is 0 Å². The molecule has 6 atom stereocenters. The van der Waals surface area contributed by atoms with Gasteiger partial charge in [0.25, 0.3) is 11.8 Å². The van der Waals surface area contributed by atoms with Gasteiger partial charge in [-0.25, -0.2) is 0 Å². The number of halogens is 2. The Morgan fingerprint density at radius 3 is 1.75 bits per heavy atom. The number of carbonyl (C=O) groups excluding carboxylic acids is 7. The van der Waals surface area contributed by atoms with Crippen molar-refractivity contribution in [1.29, 1.82) is 0 Å². The van der Waals surface area contributed by atoms with Crippen molar-refractivity contribution in [3.63, 3.8) is 0 Å². The van der Waals surface area contributed by atoms with Crippen molar-refractivity contribution in [1.82, 2.24) is 16.0 Å². The van der Waals surface area contributed by atoms with Gasteiger partial charge in [-0.15, -0.1) is 0 Å². The first-order chi connectivity index (χ1) is 30.1. The monoisotopic (exact) mass is 900 g/mol. The number of carbonyl (C=O) groups is 8. The zero-order chi connectivity index (χ0) is 45.6. The van der Waals surface area contributed by atoms with Crippen molar-refractivity contribution in [3.05, 3.63) is 135 Å². The Morgan fingerprint density at radius 2 is 1.17 bits per heavy atom. The van der Waals surface area contributed by atoms with Gasteiger partial charge in [0.15, 0.2) is 5.78 Å². The van der Waals surface area contributed by atoms with Crippen LogP contribution in [0, 0.1) is 5.92 Å². The van der Waals surface area contributed by atoms with Crippen LogP contribution in [-0.4, -0.2) is 82.8 Å². The van der Waals surface area contributed by atoms with E-state index < -0.39 is 90.0 Å². The smallest absolute Gasteiger partial charge is 0.307 e. The van der Waals surface area contributed by atoms with Gasteiger partial charge in [0, 0.05) is 48.8 Å². The first-order valence-corrected chi connectivity index (χ1v) is 20.7. The van der Waals surface area contributed by atoms with Crippen LogP contribution in [0.1, 0.15) is 48.9 Å². The Labute approximate surface area is 373 Å². The molecule has 4 aromatic carbocycles. The molecule has 17 heteroatoms. The number of ketones is 1. The molecule has 0 spiro atoms. The van der Waals surface area contributed by atoms with Crippen molar-refractivity contribution >= 4 is 76.2 Å². The van der Waals surface area contributed by atoms with Gasteiger partial charge in [0.2, 0.25) is 24.0 Å². The molecule has 15 nitrogen and oxygen atoms in total. The molecule has 6 rings (SSSR count). The second-order valence-electron chi connectivity index (χ2n) is 15.0. The number of carboxylic acids is 1. The Kier molecular flexibility index (Phi) is 16.9. The molecule has 0 aromatic heterocycles. The highest BCUT2D eigenvalue weighted by Crippen LogP contribution is 2.24. The lowest BCUT2D eigenvalue weighted by atomic mass is 9.90. The lowest BCUT2D eigenvalue weighted by Crippen LogP contribution is -2.59. The summed E-state index contributed by atoms with van der Waals surface area (Å²) in [6.45, 7) is 1.94. The molecule has 330 valence electrons. The zero-order valence-corrected chi connectivity index (χ0v) is 35.8. The summed E-state index contributed by atoms with van der Waals surface area (Å²) < 4.78 is 10.5. The molecular formula is C46H46Cl2N4O11. The molecule has 2 bridgehead atoms. The SMILES string of the molecule is CC(=O)O[C@H]1C(=O)Nc2ccc(cc2)C[C@H](C(=O)O)CC(=O)[C@@H](CCc2ccccc2)NC(=O)[C@H](Cc2ccc(Cl)cc2Cl)NC(=O)[C@@H](Cc2ccccc2)NC(=O)[C@@H]1OC(C)=O. The fraction of sp³-hybridized carbons (Fsp3) is 0.304. The Hall–Kier alpha value is -6.58. The van der Waals surface area contributed by atoms with Crippen LogP contribution in [-0.2, 0) is 73.5 Å². The first kappa shape index (κ1) is 47.5. The van der Waals surface area contributed by atoms with Crippen LogP contribution >= 0.6 is 23.2 Å². The predicted molar refractivity (Wildman–Crippen MR) is 232 cm³/mol. The van der Waals surface area contributed by atoms with Crippen LogP contribution < -0.4 is 21.3 Å². The Morgan fingerprint density at radius 1 is 0.635 bits per heavy atom. The topological polar surface area (TPSA) is 223 Å². The van der Waals surface area contributed by atoms with Crippen molar-refractivity contribution < 1.29 is 52.9 Å². The van der Waals surface area contributed by atoms with Gasteiger partial charge in [-0.3, -0.25) is 38.4 Å². The van der Waals surface area contributed by atoms with E-state index in [4.69, 9.17) is 32.7 Å². The van der Waals surface area contributed by atoms with Crippen LogP contribution in [0.15, 0.2) is 103 Å². The summed E-state index contributed by atoms with van der Waals surface area (Å²) in [5.41, 5.74) is 2.39. The van der Waals surface area contributed by atoms with E-state index >= 15 is 0 Å². The summed E-state index contributed by atoms with van der Waals surface area (Å²) in [7, 11) is 0. The number of rotatable bonds is 10. The third-order valence-electron chi connectivity index (χ3n) is 10.1. The molecule has 0 radical (unpaired) electrons. The van der Waals surface area contributed by atoms with Crippen LogP contribution in [0.3, 0.4) is 0 Å². The molecule has 0 unspecified atom stereocenters. The molecule has 2 aliphatic heterocycles. The summed E-state index contributed by atoms with van der Waals surface area (Å²) in [5.74, 6) is -9.14. The van der Waals surface area contributed by atoms with Crippen LogP contribution in [0.25, 0.3) is 0 Å². The largest absolute Gasteiger partial charge is 0.481 e. The summed E-state index contributed by atoms with van der Waals surface area (Å²) >= 11 is 12.7. The van der Waals surface area contributed by atoms with E-state index in [1.54, 1.807) is 36.4 Å². The van der Waals surface area contributed by atoms with E-state index in [9.17, 15) is 43.5 Å². The predicted octanol–water partition coefficient (Wildman–Crippen LogP) is 4.58. The number of carboxylic acid groups (broad SMARTS) is 1. The third-order valence-corrected chi connectivity index (χ3v) is 10.7. The molecule has 63 heavy (non-hydrogen) atoms. The standard InChI is InChI=1S/C46H46Cl2N4O11/c1-26(53)62-40-41(63-27(2)54)45(59)52-37(22-29-11-7-4-8-12-29)42(56)51-38(23-31-16-17-33(47)25-35(31)48)43(57)50-36(20-15-28-9-5-3-6-10-28)39(55)24-32(46(60)61)21-30-13-18-34(19-14-30)49-44(40)58/h3-14,16-19,25,32,36-38,40-41H,15,20-24H2,1-2H3,(H,49,58)(H,50,57)(H,51,56)(H,52,59)(H,60,61)/t32-,36+,37+,38-,40+,41+/m0/s1. The van der Waals surface area contributed by atoms with Gasteiger partial charge in [0.1, 0.15) is 12.1 Å². The van der Waals surface area contributed by atoms with Gasteiger partial charge in [0.05, 0.1) is 12.0 Å². The van der Waals surface area contributed by atoms with Crippen LogP contribution in [0.2, 0.25) is 10.0 Å². The highest BCUT2D eigenvalue weighted by molar-refractivity contribution is 6.35. The summed E-state index contributed by atoms with van der Waals surface area (Å²) in [6.07, 6.45) is -4.80. The van der Waals surface area contributed by atoms with E-state index in [0.29, 0.717) is 28.1 Å². The second kappa shape index (κ2) is 22.5. The van der Waals surface area contributed by atoms with Crippen molar-refractivity contribution in [2.75, 3.05) is 5.32 Å². The molecule has 5 N–H and O–H groups in total. The minimum Gasteiger partial charge on any atom is -0.481 e. The highest BCUT2D eigenvalue weighted by Gasteiger charge is 2.41. The molecule has 2 aliphatic rings. The number of Topliss-reactive ketones (excluding diaryl/α,β-unsaturated/α-hetero) is 1. The lowest BCUT2D eigenvalue weighted by Gasteiger charge is -2.28. The molecule has 0 saturated carbocycles. The van der Waals surface area contributed by atoms with E-state index in [2.05, 4.69) is 21.3 Å². The summed E-state index contributed by atoms with van der Waals surface area (Å²) in [5, 5.41) is 21.2. The molecule has 0 saturated heterocycles. The van der Waals surface area contributed by atoms with Gasteiger partial charge < -0.3 is 35.8 Å². The fourth-order valence-corrected chi connectivity index (χ4v) is 7.45. The quantitative estimate of drug-likeness (QED) is 0.109. The van der Waals surface area contributed by atoms with E-state index in [0.717, 1.165) is 19.4 Å². The number of anilines is 1. The van der Waals surface area contributed by atoms with Crippen molar-refractivity contribution in [2.45, 2.75) is 82.7 Å². The number of hydrogen-bond acceptors (Lipinski definition) is 10. The number of aliphatic carboxylic acids is 1. The third kappa shape index (κ3) is 14.2. The lowest BCUT2D eigenvalue weighted by molar-refractivity contribution is -0.173. The van der Waals surface area contributed by atoms with Crippen LogP contribution in [0.5, 0.6) is 0 Å². The van der Waals surface area contributed by atoms with Gasteiger partial charge in [-0.1, -0.05) is 102 Å². The van der Waals surface area contributed by atoms with E-state index in [1.165, 1.54) is 36.4 Å². The minimum absolute atomic E-state index is 0.0748. The average Bonchev–Trinajstić information content (AvgIpc) is 3.24. The van der Waals surface area contributed by atoms with Crippen molar-refractivity contribution in [2.24, 2.45) is 5.92 Å². The Bertz CT molecular complexity index is 2310. The number of aryl methyl sites for hydroxylation is 1. The molecule has 0 aliphatic carbocycles. The maximum absolute atomic E-state index is 14.5.